The summed E-state index contributed by atoms with van der Waals surface area (Å²) >= 11 is 0. The normalized spacial score (nSPS) is 12.7. The summed E-state index contributed by atoms with van der Waals surface area (Å²) in [6.45, 7) is 0.173. The van der Waals surface area contributed by atoms with Gasteiger partial charge in [0.2, 0.25) is 0 Å². The molecule has 1 unspecified atom stereocenters. The van der Waals surface area contributed by atoms with Crippen LogP contribution in [-0.2, 0) is 10.8 Å². The second kappa shape index (κ2) is 6.69. The van der Waals surface area contributed by atoms with E-state index in [1.165, 1.54) is 12.1 Å². The Morgan fingerprint density at radius 3 is 2.73 bits per heavy atom. The summed E-state index contributed by atoms with van der Waals surface area (Å²) in [4.78, 5) is 0.541. The van der Waals surface area contributed by atoms with E-state index in [4.69, 9.17) is 5.11 Å². The number of aliphatic hydroxyl groups is 1. The van der Waals surface area contributed by atoms with E-state index in [0.29, 0.717) is 10.6 Å². The number of hydrogen-bond donors (Lipinski definition) is 1. The third-order valence-electron chi connectivity index (χ3n) is 2.05. The zero-order valence-corrected chi connectivity index (χ0v) is 9.30. The van der Waals surface area contributed by atoms with Gasteiger partial charge in [0.1, 0.15) is 5.82 Å². The second-order valence-corrected chi connectivity index (χ2v) is 4.86. The van der Waals surface area contributed by atoms with Gasteiger partial charge in [0.05, 0.1) is 10.8 Å². The highest BCUT2D eigenvalue weighted by molar-refractivity contribution is 7.85. The molecule has 2 nitrogen and oxygen atoms in total. The molecule has 0 aliphatic rings. The minimum atomic E-state index is -1.12. The van der Waals surface area contributed by atoms with Crippen molar-refractivity contribution in [1.29, 1.82) is 0 Å². The number of rotatable bonds is 6. The van der Waals surface area contributed by atoms with E-state index < -0.39 is 10.8 Å². The van der Waals surface area contributed by atoms with Gasteiger partial charge in [-0.15, -0.1) is 0 Å². The molecule has 0 aliphatic heterocycles. The van der Waals surface area contributed by atoms with Gasteiger partial charge in [0.15, 0.2) is 0 Å². The Morgan fingerprint density at radius 1 is 1.27 bits per heavy atom. The highest BCUT2D eigenvalue weighted by Gasteiger charge is 2.04. The van der Waals surface area contributed by atoms with E-state index in [1.54, 1.807) is 12.1 Å². The van der Waals surface area contributed by atoms with Crippen molar-refractivity contribution in [2.45, 2.75) is 24.2 Å². The van der Waals surface area contributed by atoms with Crippen molar-refractivity contribution < 1.29 is 13.7 Å². The molecule has 0 spiro atoms. The molecule has 1 rings (SSSR count). The zero-order valence-electron chi connectivity index (χ0n) is 8.49. The molecule has 1 N–H and O–H groups in total. The van der Waals surface area contributed by atoms with Crippen LogP contribution < -0.4 is 0 Å². The van der Waals surface area contributed by atoms with E-state index in [1.807, 2.05) is 0 Å². The van der Waals surface area contributed by atoms with Crippen molar-refractivity contribution in [3.63, 3.8) is 0 Å². The third kappa shape index (κ3) is 4.53. The Morgan fingerprint density at radius 2 is 2.07 bits per heavy atom. The maximum absolute atomic E-state index is 12.8. The van der Waals surface area contributed by atoms with Crippen molar-refractivity contribution in [2.75, 3.05) is 12.4 Å². The van der Waals surface area contributed by atoms with Crippen molar-refractivity contribution in [3.8, 4) is 0 Å². The summed E-state index contributed by atoms with van der Waals surface area (Å²) in [6.07, 6.45) is 2.39. The summed E-state index contributed by atoms with van der Waals surface area (Å²) in [5.74, 6) is 0.180. The van der Waals surface area contributed by atoms with Crippen LogP contribution in [0.3, 0.4) is 0 Å². The summed E-state index contributed by atoms with van der Waals surface area (Å²) in [5.41, 5.74) is 0. The Hall–Kier alpha value is -0.740. The maximum Gasteiger partial charge on any atom is 0.124 e. The lowest BCUT2D eigenvalue weighted by atomic mass is 10.3. The van der Waals surface area contributed by atoms with Crippen LogP contribution >= 0.6 is 0 Å². The molecule has 0 aromatic heterocycles. The first kappa shape index (κ1) is 12.3. The molecule has 1 aromatic carbocycles. The van der Waals surface area contributed by atoms with Crippen LogP contribution in [0.5, 0.6) is 0 Å². The summed E-state index contributed by atoms with van der Waals surface area (Å²) in [5, 5.41) is 8.56. The van der Waals surface area contributed by atoms with Crippen molar-refractivity contribution in [3.05, 3.63) is 30.1 Å². The quantitative estimate of drug-likeness (QED) is 0.760. The van der Waals surface area contributed by atoms with Gasteiger partial charge < -0.3 is 5.11 Å². The lowest BCUT2D eigenvalue weighted by molar-refractivity contribution is 0.284. The molecule has 0 heterocycles. The van der Waals surface area contributed by atoms with Gasteiger partial charge in [-0.3, -0.25) is 4.21 Å². The minimum Gasteiger partial charge on any atom is -0.396 e. The number of aliphatic hydroxyl groups excluding tert-OH is 1. The van der Waals surface area contributed by atoms with Crippen LogP contribution in [0.1, 0.15) is 19.3 Å². The lowest BCUT2D eigenvalue weighted by Gasteiger charge is -2.01. The summed E-state index contributed by atoms with van der Waals surface area (Å²) in [7, 11) is -1.12. The SMILES string of the molecule is O=S(CCCCCO)c1cccc(F)c1. The van der Waals surface area contributed by atoms with Gasteiger partial charge in [0, 0.05) is 17.3 Å². The standard InChI is InChI=1S/C11H15FO2S/c12-10-5-4-6-11(9-10)15(14)8-3-1-2-7-13/h4-6,9,13H,1-3,7-8H2. The predicted octanol–water partition coefficient (Wildman–Crippen LogP) is 2.10. The van der Waals surface area contributed by atoms with Gasteiger partial charge in [-0.05, 0) is 31.0 Å². The fourth-order valence-corrected chi connectivity index (χ4v) is 2.42. The van der Waals surface area contributed by atoms with Crippen LogP contribution in [0.4, 0.5) is 4.39 Å². The van der Waals surface area contributed by atoms with E-state index >= 15 is 0 Å². The molecular formula is C11H15FO2S. The van der Waals surface area contributed by atoms with Gasteiger partial charge in [-0.25, -0.2) is 4.39 Å². The highest BCUT2D eigenvalue weighted by atomic mass is 32.2. The maximum atomic E-state index is 12.8. The van der Waals surface area contributed by atoms with Crippen molar-refractivity contribution in [1.82, 2.24) is 0 Å². The van der Waals surface area contributed by atoms with Crippen LogP contribution in [0, 0.1) is 5.82 Å². The van der Waals surface area contributed by atoms with Crippen LogP contribution in [0.25, 0.3) is 0 Å². The van der Waals surface area contributed by atoms with Gasteiger partial charge in [-0.1, -0.05) is 12.5 Å². The summed E-state index contributed by atoms with van der Waals surface area (Å²) in [6, 6.07) is 5.89. The Labute approximate surface area is 91.6 Å². The second-order valence-electron chi connectivity index (χ2n) is 3.29. The topological polar surface area (TPSA) is 37.3 Å². The van der Waals surface area contributed by atoms with E-state index in [0.717, 1.165) is 19.3 Å². The Kier molecular flexibility index (Phi) is 5.50. The molecule has 0 fully saturated rings. The first-order valence-electron chi connectivity index (χ1n) is 4.99. The van der Waals surface area contributed by atoms with E-state index in [9.17, 15) is 8.60 Å². The van der Waals surface area contributed by atoms with Crippen LogP contribution in [0.2, 0.25) is 0 Å². The first-order chi connectivity index (χ1) is 7.24. The number of benzene rings is 1. The van der Waals surface area contributed by atoms with E-state index in [-0.39, 0.29) is 12.4 Å². The molecule has 0 saturated heterocycles. The molecule has 1 atom stereocenters. The molecule has 0 aliphatic carbocycles. The van der Waals surface area contributed by atoms with Crippen LogP contribution in [-0.4, -0.2) is 21.7 Å². The molecular weight excluding hydrogens is 215 g/mol. The van der Waals surface area contributed by atoms with Crippen LogP contribution in [0.15, 0.2) is 29.2 Å². The van der Waals surface area contributed by atoms with Crippen molar-refractivity contribution >= 4 is 10.8 Å². The number of halogens is 1. The molecule has 15 heavy (non-hydrogen) atoms. The molecule has 84 valence electrons. The molecule has 0 saturated carbocycles. The first-order valence-corrected chi connectivity index (χ1v) is 6.30. The molecule has 0 bridgehead atoms. The smallest absolute Gasteiger partial charge is 0.124 e. The molecule has 4 heteroatoms. The molecule has 0 radical (unpaired) electrons. The van der Waals surface area contributed by atoms with Gasteiger partial charge in [-0.2, -0.15) is 0 Å². The fraction of sp³-hybridized carbons (Fsp3) is 0.455. The third-order valence-corrected chi connectivity index (χ3v) is 3.49. The van der Waals surface area contributed by atoms with Gasteiger partial charge in [0.25, 0.3) is 0 Å². The largest absolute Gasteiger partial charge is 0.396 e. The monoisotopic (exact) mass is 230 g/mol. The van der Waals surface area contributed by atoms with Crippen molar-refractivity contribution in [2.24, 2.45) is 0 Å². The van der Waals surface area contributed by atoms with Gasteiger partial charge >= 0.3 is 0 Å². The predicted molar refractivity (Wildman–Crippen MR) is 58.6 cm³/mol. The number of unbranched alkanes of at least 4 members (excludes halogenated alkanes) is 2. The Bertz CT molecular complexity index is 328. The fourth-order valence-electron chi connectivity index (χ4n) is 1.25. The Balaban J connectivity index is 2.40. The molecule has 1 aromatic rings. The van der Waals surface area contributed by atoms with E-state index in [2.05, 4.69) is 0 Å². The summed E-state index contributed by atoms with van der Waals surface area (Å²) < 4.78 is 24.4. The highest BCUT2D eigenvalue weighted by Crippen LogP contribution is 2.10. The average molecular weight is 230 g/mol. The molecule has 0 amide bonds. The average Bonchev–Trinajstić information content (AvgIpc) is 2.24. The zero-order chi connectivity index (χ0) is 11.1. The number of hydrogen-bond acceptors (Lipinski definition) is 2. The minimum absolute atomic E-state index is 0.173. The lowest BCUT2D eigenvalue weighted by Crippen LogP contribution is -1.99.